The van der Waals surface area contributed by atoms with Crippen LogP contribution in [-0.4, -0.2) is 38.2 Å². The van der Waals surface area contributed by atoms with Crippen molar-refractivity contribution in [3.8, 4) is 5.75 Å². The second kappa shape index (κ2) is 8.23. The van der Waals surface area contributed by atoms with E-state index in [9.17, 15) is 13.2 Å². The Labute approximate surface area is 161 Å². The zero-order valence-electron chi connectivity index (χ0n) is 15.8. The number of carbonyl (C=O) groups excluding carboxylic acids is 1. The van der Waals surface area contributed by atoms with Crippen LogP contribution in [0, 0.1) is 13.8 Å². The molecule has 2 aromatic rings. The maximum atomic E-state index is 12.6. The van der Waals surface area contributed by atoms with Gasteiger partial charge < -0.3 is 4.74 Å². The molecule has 1 fully saturated rings. The number of hydrogen-bond acceptors (Lipinski definition) is 4. The van der Waals surface area contributed by atoms with E-state index in [1.165, 1.54) is 4.31 Å². The molecule has 0 spiro atoms. The highest BCUT2D eigenvalue weighted by Gasteiger charge is 2.25. The number of ether oxygens (including phenoxy) is 1. The summed E-state index contributed by atoms with van der Waals surface area (Å²) in [5.74, 6) is 0.368. The van der Waals surface area contributed by atoms with E-state index in [1.807, 2.05) is 26.0 Å². The fraction of sp³-hybridized carbons (Fsp3) is 0.381. The highest BCUT2D eigenvalue weighted by Crippen LogP contribution is 2.23. The first-order valence-corrected chi connectivity index (χ1v) is 10.7. The van der Waals surface area contributed by atoms with Crippen LogP contribution in [0.25, 0.3) is 0 Å². The number of Topliss-reactive ketones (excluding diaryl/α,β-unsaturated/α-hetero) is 1. The van der Waals surface area contributed by atoms with Gasteiger partial charge in [0.1, 0.15) is 5.75 Å². The molecule has 27 heavy (non-hydrogen) atoms. The second-order valence-corrected chi connectivity index (χ2v) is 8.88. The maximum absolute atomic E-state index is 12.6. The summed E-state index contributed by atoms with van der Waals surface area (Å²) in [6.07, 6.45) is 2.88. The van der Waals surface area contributed by atoms with Gasteiger partial charge >= 0.3 is 0 Å². The normalized spacial score (nSPS) is 15.5. The fourth-order valence-corrected chi connectivity index (χ4v) is 4.63. The first kappa shape index (κ1) is 19.6. The summed E-state index contributed by atoms with van der Waals surface area (Å²) in [4.78, 5) is 12.5. The molecule has 5 nitrogen and oxygen atoms in total. The molecule has 1 saturated heterocycles. The number of aryl methyl sites for hydroxylation is 2. The van der Waals surface area contributed by atoms with E-state index >= 15 is 0 Å². The van der Waals surface area contributed by atoms with Crippen molar-refractivity contribution >= 4 is 15.8 Å². The topological polar surface area (TPSA) is 63.7 Å². The minimum absolute atomic E-state index is 0.0826. The van der Waals surface area contributed by atoms with Gasteiger partial charge in [0, 0.05) is 18.7 Å². The van der Waals surface area contributed by atoms with Gasteiger partial charge in [0.2, 0.25) is 10.0 Å². The van der Waals surface area contributed by atoms with Crippen molar-refractivity contribution in [2.75, 3.05) is 19.7 Å². The third-order valence-electron chi connectivity index (χ3n) is 4.98. The van der Waals surface area contributed by atoms with Crippen molar-refractivity contribution in [2.45, 2.75) is 38.0 Å². The molecule has 1 aliphatic heterocycles. The van der Waals surface area contributed by atoms with Crippen LogP contribution in [0.3, 0.4) is 0 Å². The zero-order valence-corrected chi connectivity index (χ0v) is 16.6. The molecule has 0 atom stereocenters. The largest absolute Gasteiger partial charge is 0.485 e. The van der Waals surface area contributed by atoms with Crippen LogP contribution in [0.15, 0.2) is 47.4 Å². The molecule has 0 bridgehead atoms. The van der Waals surface area contributed by atoms with Gasteiger partial charge in [0.15, 0.2) is 12.4 Å². The smallest absolute Gasteiger partial charge is 0.243 e. The molecule has 6 heteroatoms. The zero-order chi connectivity index (χ0) is 19.4. The molecule has 0 amide bonds. The first-order chi connectivity index (χ1) is 12.9. The molecule has 0 N–H and O–H groups in total. The predicted molar refractivity (Wildman–Crippen MR) is 105 cm³/mol. The van der Waals surface area contributed by atoms with E-state index in [1.54, 1.807) is 30.3 Å². The van der Waals surface area contributed by atoms with Gasteiger partial charge in [-0.15, -0.1) is 0 Å². The van der Waals surface area contributed by atoms with Crippen LogP contribution in [0.5, 0.6) is 5.75 Å². The average Bonchev–Trinajstić information content (AvgIpc) is 2.69. The van der Waals surface area contributed by atoms with Crippen molar-refractivity contribution < 1.29 is 17.9 Å². The standard InChI is InChI=1S/C21H25NO4S/c1-16-6-7-18(14-17(16)2)21(23)15-26-19-8-10-20(11-9-19)27(24,25)22-12-4-3-5-13-22/h6-11,14H,3-5,12-13,15H2,1-2H3. The summed E-state index contributed by atoms with van der Waals surface area (Å²) in [6.45, 7) is 5.03. The number of rotatable bonds is 6. The predicted octanol–water partition coefficient (Wildman–Crippen LogP) is 3.74. The van der Waals surface area contributed by atoms with Gasteiger partial charge in [-0.25, -0.2) is 8.42 Å². The number of hydrogen-bond donors (Lipinski definition) is 0. The first-order valence-electron chi connectivity index (χ1n) is 9.21. The van der Waals surface area contributed by atoms with Gasteiger partial charge in [-0.2, -0.15) is 4.31 Å². The summed E-state index contributed by atoms with van der Waals surface area (Å²) >= 11 is 0. The Kier molecular flexibility index (Phi) is 5.97. The Morgan fingerprint density at radius 2 is 1.63 bits per heavy atom. The van der Waals surface area contributed by atoms with E-state index in [0.29, 0.717) is 24.4 Å². The summed E-state index contributed by atoms with van der Waals surface area (Å²) in [6, 6.07) is 11.9. The number of benzene rings is 2. The Bertz CT molecular complexity index is 914. The van der Waals surface area contributed by atoms with Crippen molar-refractivity contribution in [3.63, 3.8) is 0 Å². The minimum Gasteiger partial charge on any atom is -0.485 e. The van der Waals surface area contributed by atoms with E-state index in [2.05, 4.69) is 0 Å². The molecular weight excluding hydrogens is 362 g/mol. The SMILES string of the molecule is Cc1ccc(C(=O)COc2ccc(S(=O)(=O)N3CCCCC3)cc2)cc1C. The lowest BCUT2D eigenvalue weighted by Crippen LogP contribution is -2.35. The molecule has 0 unspecified atom stereocenters. The number of sulfonamides is 1. The van der Waals surface area contributed by atoms with Crippen LogP contribution in [0.2, 0.25) is 0 Å². The summed E-state index contributed by atoms with van der Waals surface area (Å²) in [5, 5.41) is 0. The molecule has 3 rings (SSSR count). The highest BCUT2D eigenvalue weighted by molar-refractivity contribution is 7.89. The minimum atomic E-state index is -3.45. The second-order valence-electron chi connectivity index (χ2n) is 6.95. The maximum Gasteiger partial charge on any atom is 0.243 e. The van der Waals surface area contributed by atoms with Gasteiger partial charge in [-0.1, -0.05) is 18.6 Å². The third kappa shape index (κ3) is 4.57. The quantitative estimate of drug-likeness (QED) is 0.709. The fourth-order valence-electron chi connectivity index (χ4n) is 3.11. The van der Waals surface area contributed by atoms with E-state index < -0.39 is 10.0 Å². The van der Waals surface area contributed by atoms with Gasteiger partial charge in [-0.05, 0) is 68.1 Å². The lowest BCUT2D eigenvalue weighted by Gasteiger charge is -2.25. The monoisotopic (exact) mass is 387 g/mol. The molecule has 0 aliphatic carbocycles. The van der Waals surface area contributed by atoms with Crippen molar-refractivity contribution in [1.82, 2.24) is 4.31 Å². The van der Waals surface area contributed by atoms with Crippen LogP contribution >= 0.6 is 0 Å². The van der Waals surface area contributed by atoms with Crippen LogP contribution < -0.4 is 4.74 Å². The third-order valence-corrected chi connectivity index (χ3v) is 6.89. The molecule has 2 aromatic carbocycles. The van der Waals surface area contributed by atoms with Gasteiger partial charge in [0.05, 0.1) is 4.90 Å². The molecule has 0 saturated carbocycles. The lowest BCUT2D eigenvalue weighted by molar-refractivity contribution is 0.0921. The Balaban J connectivity index is 1.63. The average molecular weight is 388 g/mol. The molecular formula is C21H25NO4S. The highest BCUT2D eigenvalue weighted by atomic mass is 32.2. The summed E-state index contributed by atoms with van der Waals surface area (Å²) < 4.78 is 32.4. The number of carbonyl (C=O) groups is 1. The Hall–Kier alpha value is -2.18. The van der Waals surface area contributed by atoms with Crippen LogP contribution in [0.1, 0.15) is 40.7 Å². The Morgan fingerprint density at radius 3 is 2.26 bits per heavy atom. The molecule has 0 aromatic heterocycles. The van der Waals surface area contributed by atoms with E-state index in [-0.39, 0.29) is 17.3 Å². The Morgan fingerprint density at radius 1 is 0.963 bits per heavy atom. The van der Waals surface area contributed by atoms with Crippen LogP contribution in [0.4, 0.5) is 0 Å². The molecule has 0 radical (unpaired) electrons. The lowest BCUT2D eigenvalue weighted by atomic mass is 10.0. The van der Waals surface area contributed by atoms with Crippen LogP contribution in [-0.2, 0) is 10.0 Å². The molecule has 1 aliphatic rings. The van der Waals surface area contributed by atoms with Gasteiger partial charge in [0.25, 0.3) is 0 Å². The number of nitrogens with zero attached hydrogens (tertiary/aromatic N) is 1. The van der Waals surface area contributed by atoms with E-state index in [0.717, 1.165) is 30.4 Å². The van der Waals surface area contributed by atoms with Crippen molar-refractivity contribution in [3.05, 3.63) is 59.2 Å². The number of piperidine rings is 1. The summed E-state index contributed by atoms with van der Waals surface area (Å²) in [5.41, 5.74) is 2.81. The van der Waals surface area contributed by atoms with Gasteiger partial charge in [-0.3, -0.25) is 4.79 Å². The van der Waals surface area contributed by atoms with E-state index in [4.69, 9.17) is 4.74 Å². The summed E-state index contributed by atoms with van der Waals surface area (Å²) in [7, 11) is -3.45. The van der Waals surface area contributed by atoms with Crippen molar-refractivity contribution in [1.29, 1.82) is 0 Å². The molecule has 1 heterocycles. The number of ketones is 1. The van der Waals surface area contributed by atoms with Crippen molar-refractivity contribution in [2.24, 2.45) is 0 Å². The molecule has 144 valence electrons.